The normalized spacial score (nSPS) is 18.3. The zero-order valence-corrected chi connectivity index (χ0v) is 13.7. The van der Waals surface area contributed by atoms with Gasteiger partial charge in [-0.1, -0.05) is 28.1 Å². The van der Waals surface area contributed by atoms with Crippen LogP contribution >= 0.6 is 27.7 Å². The molecule has 0 saturated heterocycles. The van der Waals surface area contributed by atoms with Crippen molar-refractivity contribution in [3.8, 4) is 0 Å². The predicted octanol–water partition coefficient (Wildman–Crippen LogP) is 3.60. The second-order valence-electron chi connectivity index (χ2n) is 5.20. The monoisotopic (exact) mass is 343 g/mol. The van der Waals surface area contributed by atoms with E-state index in [2.05, 4.69) is 51.8 Å². The van der Waals surface area contributed by atoms with E-state index in [0.29, 0.717) is 12.1 Å². The number of hydrogen-bond acceptors (Lipinski definition) is 3. The van der Waals surface area contributed by atoms with Crippen molar-refractivity contribution in [1.82, 2.24) is 5.32 Å². The summed E-state index contributed by atoms with van der Waals surface area (Å²) in [5.74, 6) is 1.82. The Morgan fingerprint density at radius 3 is 2.58 bits per heavy atom. The highest BCUT2D eigenvalue weighted by Gasteiger charge is 2.33. The molecule has 19 heavy (non-hydrogen) atoms. The summed E-state index contributed by atoms with van der Waals surface area (Å²) in [6.07, 6.45) is 5.59. The minimum Gasteiger partial charge on any atom is -0.396 e. The third kappa shape index (κ3) is 4.78. The van der Waals surface area contributed by atoms with Gasteiger partial charge in [0.25, 0.3) is 0 Å². The largest absolute Gasteiger partial charge is 0.396 e. The fraction of sp³-hybridized carbons (Fsp3) is 0.600. The van der Waals surface area contributed by atoms with Crippen molar-refractivity contribution in [2.24, 2.45) is 5.92 Å². The summed E-state index contributed by atoms with van der Waals surface area (Å²) in [5, 5.41) is 12.9. The van der Waals surface area contributed by atoms with E-state index >= 15 is 0 Å². The van der Waals surface area contributed by atoms with Crippen molar-refractivity contribution < 1.29 is 5.11 Å². The lowest BCUT2D eigenvalue weighted by Gasteiger charge is -2.25. The summed E-state index contributed by atoms with van der Waals surface area (Å²) in [7, 11) is 0. The first kappa shape index (κ1) is 15.4. The summed E-state index contributed by atoms with van der Waals surface area (Å²) in [6, 6.07) is 9.47. The molecule has 2 atom stereocenters. The van der Waals surface area contributed by atoms with Gasteiger partial charge in [-0.2, -0.15) is 11.8 Å². The van der Waals surface area contributed by atoms with Gasteiger partial charge in [0.15, 0.2) is 0 Å². The summed E-state index contributed by atoms with van der Waals surface area (Å²) in [5.41, 5.74) is 1.37. The second-order valence-corrected chi connectivity index (χ2v) is 7.02. The van der Waals surface area contributed by atoms with Crippen LogP contribution in [0.4, 0.5) is 0 Å². The number of benzene rings is 1. The maximum atomic E-state index is 9.18. The van der Waals surface area contributed by atoms with E-state index in [1.54, 1.807) is 0 Å². The van der Waals surface area contributed by atoms with Crippen molar-refractivity contribution in [1.29, 1.82) is 0 Å². The van der Waals surface area contributed by atoms with Crippen molar-refractivity contribution >= 4 is 27.7 Å². The number of aliphatic hydroxyl groups excluding tert-OH is 1. The Labute approximate surface area is 128 Å². The maximum absolute atomic E-state index is 9.18. The van der Waals surface area contributed by atoms with Crippen molar-refractivity contribution in [2.45, 2.75) is 31.3 Å². The van der Waals surface area contributed by atoms with Crippen LogP contribution < -0.4 is 5.32 Å². The minimum absolute atomic E-state index is 0.260. The van der Waals surface area contributed by atoms with Gasteiger partial charge in [0.2, 0.25) is 0 Å². The maximum Gasteiger partial charge on any atom is 0.0446 e. The van der Waals surface area contributed by atoms with Gasteiger partial charge >= 0.3 is 0 Å². The third-order valence-electron chi connectivity index (χ3n) is 3.58. The molecule has 1 aromatic carbocycles. The van der Waals surface area contributed by atoms with Crippen LogP contribution in [0.1, 0.15) is 30.9 Å². The molecular formula is C15H22BrNOS. The first-order valence-electron chi connectivity index (χ1n) is 6.86. The summed E-state index contributed by atoms with van der Waals surface area (Å²) in [6.45, 7) is 0.260. The van der Waals surface area contributed by atoms with Crippen LogP contribution in [0, 0.1) is 5.92 Å². The van der Waals surface area contributed by atoms with Crippen LogP contribution in [0.3, 0.4) is 0 Å². The fourth-order valence-electron chi connectivity index (χ4n) is 2.43. The van der Waals surface area contributed by atoms with E-state index in [1.165, 1.54) is 18.4 Å². The molecule has 2 rings (SSSR count). The standard InChI is InChI=1S/C15H22BrNOS/c1-19-10-14(8-9-18)17-15(11-2-3-11)12-4-6-13(16)7-5-12/h4-7,11,14-15,17-18H,2-3,8-10H2,1H3. The SMILES string of the molecule is CSCC(CCO)NC(c1ccc(Br)cc1)C1CC1. The van der Waals surface area contributed by atoms with Gasteiger partial charge in [0.1, 0.15) is 0 Å². The highest BCUT2D eigenvalue weighted by atomic mass is 79.9. The van der Waals surface area contributed by atoms with Crippen molar-refractivity contribution in [3.05, 3.63) is 34.3 Å². The molecule has 0 heterocycles. The van der Waals surface area contributed by atoms with Crippen LogP contribution in [-0.2, 0) is 0 Å². The molecule has 0 bridgehead atoms. The molecule has 1 fully saturated rings. The third-order valence-corrected chi connectivity index (χ3v) is 4.85. The van der Waals surface area contributed by atoms with E-state index in [1.807, 2.05) is 11.8 Å². The topological polar surface area (TPSA) is 32.3 Å². The van der Waals surface area contributed by atoms with Gasteiger partial charge in [0.05, 0.1) is 0 Å². The van der Waals surface area contributed by atoms with E-state index in [4.69, 9.17) is 0 Å². The molecule has 1 aliphatic rings. The predicted molar refractivity (Wildman–Crippen MR) is 86.6 cm³/mol. The van der Waals surface area contributed by atoms with Crippen LogP contribution in [-0.4, -0.2) is 29.8 Å². The van der Waals surface area contributed by atoms with Crippen LogP contribution in [0.25, 0.3) is 0 Å². The summed E-state index contributed by atoms with van der Waals surface area (Å²) >= 11 is 5.33. The Bertz CT molecular complexity index is 374. The first-order chi connectivity index (χ1) is 9.24. The van der Waals surface area contributed by atoms with E-state index < -0.39 is 0 Å². The van der Waals surface area contributed by atoms with Gasteiger partial charge in [-0.3, -0.25) is 0 Å². The molecule has 1 saturated carbocycles. The van der Waals surface area contributed by atoms with Gasteiger partial charge in [-0.05, 0) is 49.1 Å². The minimum atomic E-state index is 0.260. The van der Waals surface area contributed by atoms with Crippen LogP contribution in [0.2, 0.25) is 0 Å². The zero-order valence-electron chi connectivity index (χ0n) is 11.3. The van der Waals surface area contributed by atoms with Gasteiger partial charge < -0.3 is 10.4 Å². The van der Waals surface area contributed by atoms with Gasteiger partial charge in [-0.15, -0.1) is 0 Å². The van der Waals surface area contributed by atoms with Crippen molar-refractivity contribution in [3.63, 3.8) is 0 Å². The molecule has 1 aliphatic carbocycles. The molecule has 2 N–H and O–H groups in total. The molecule has 4 heteroatoms. The lowest BCUT2D eigenvalue weighted by Crippen LogP contribution is -2.36. The quantitative estimate of drug-likeness (QED) is 0.756. The highest BCUT2D eigenvalue weighted by molar-refractivity contribution is 9.10. The van der Waals surface area contributed by atoms with Gasteiger partial charge in [-0.25, -0.2) is 0 Å². The van der Waals surface area contributed by atoms with Crippen LogP contribution in [0.15, 0.2) is 28.7 Å². The highest BCUT2D eigenvalue weighted by Crippen LogP contribution is 2.41. The Morgan fingerprint density at radius 1 is 1.37 bits per heavy atom. The number of halogens is 1. The molecule has 0 spiro atoms. The summed E-state index contributed by atoms with van der Waals surface area (Å²) < 4.78 is 1.13. The molecule has 0 amide bonds. The lowest BCUT2D eigenvalue weighted by molar-refractivity contribution is 0.261. The Hall–Kier alpha value is -0.0300. The van der Waals surface area contributed by atoms with E-state index in [9.17, 15) is 5.11 Å². The average molecular weight is 344 g/mol. The van der Waals surface area contributed by atoms with E-state index in [0.717, 1.165) is 22.6 Å². The zero-order chi connectivity index (χ0) is 13.7. The molecule has 2 nitrogen and oxygen atoms in total. The number of rotatable bonds is 8. The molecule has 0 aromatic heterocycles. The Kier molecular flexibility index (Phi) is 6.20. The average Bonchev–Trinajstić information content (AvgIpc) is 3.22. The van der Waals surface area contributed by atoms with Crippen molar-refractivity contribution in [2.75, 3.05) is 18.6 Å². The summed E-state index contributed by atoms with van der Waals surface area (Å²) in [4.78, 5) is 0. The number of aliphatic hydroxyl groups is 1. The van der Waals surface area contributed by atoms with Gasteiger partial charge in [0, 0.05) is 28.9 Å². The Balaban J connectivity index is 2.04. The number of thioether (sulfide) groups is 1. The Morgan fingerprint density at radius 2 is 2.05 bits per heavy atom. The molecular weight excluding hydrogens is 322 g/mol. The number of nitrogens with one attached hydrogen (secondary N) is 1. The smallest absolute Gasteiger partial charge is 0.0446 e. The second kappa shape index (κ2) is 7.67. The lowest BCUT2D eigenvalue weighted by atomic mass is 10.0. The molecule has 1 aromatic rings. The first-order valence-corrected chi connectivity index (χ1v) is 9.04. The molecule has 106 valence electrons. The van der Waals surface area contributed by atoms with E-state index in [-0.39, 0.29) is 6.61 Å². The van der Waals surface area contributed by atoms with Crippen LogP contribution in [0.5, 0.6) is 0 Å². The fourth-order valence-corrected chi connectivity index (χ4v) is 3.36. The molecule has 0 aliphatic heterocycles. The number of hydrogen-bond donors (Lipinski definition) is 2. The molecule has 0 radical (unpaired) electrons. The molecule has 2 unspecified atom stereocenters.